The molecule has 128 valence electrons. The number of nitrogens with one attached hydrogen (secondary N) is 2. The van der Waals surface area contributed by atoms with Crippen LogP contribution in [-0.4, -0.2) is 34.4 Å². The Labute approximate surface area is 151 Å². The SMILES string of the molecule is C=CCNc1nnc(SCC(=O)N[C@@H](C)CCc2ccccc2)s1. The zero-order valence-electron chi connectivity index (χ0n) is 13.7. The first kappa shape index (κ1) is 18.5. The van der Waals surface area contributed by atoms with Gasteiger partial charge in [0.05, 0.1) is 5.75 Å². The topological polar surface area (TPSA) is 66.9 Å². The molecular formula is C17H22N4OS2. The first-order valence-electron chi connectivity index (χ1n) is 7.81. The predicted octanol–water partition coefficient (Wildman–Crippen LogP) is 3.37. The van der Waals surface area contributed by atoms with E-state index in [0.717, 1.165) is 22.3 Å². The molecule has 2 N–H and O–H groups in total. The Morgan fingerprint density at radius 1 is 1.38 bits per heavy atom. The number of carbonyl (C=O) groups excluding carboxylic acids is 1. The molecule has 0 bridgehead atoms. The minimum atomic E-state index is 0.0244. The maximum absolute atomic E-state index is 12.0. The number of anilines is 1. The van der Waals surface area contributed by atoms with Gasteiger partial charge in [0.2, 0.25) is 11.0 Å². The molecular weight excluding hydrogens is 340 g/mol. The quantitative estimate of drug-likeness (QED) is 0.501. The van der Waals surface area contributed by atoms with Crippen LogP contribution >= 0.6 is 23.1 Å². The molecule has 0 aliphatic carbocycles. The van der Waals surface area contributed by atoms with E-state index in [4.69, 9.17) is 0 Å². The van der Waals surface area contributed by atoms with Gasteiger partial charge in [-0.15, -0.1) is 16.8 Å². The summed E-state index contributed by atoms with van der Waals surface area (Å²) in [6, 6.07) is 10.5. The van der Waals surface area contributed by atoms with Crippen LogP contribution in [0.25, 0.3) is 0 Å². The van der Waals surface area contributed by atoms with Crippen molar-refractivity contribution in [3.8, 4) is 0 Å². The third kappa shape index (κ3) is 6.72. The monoisotopic (exact) mass is 362 g/mol. The standard InChI is InChI=1S/C17H22N4OS2/c1-3-11-18-16-20-21-17(24-16)23-12-15(22)19-13(2)9-10-14-7-5-4-6-8-14/h3-8,13H,1,9-12H2,2H3,(H,18,20)(H,19,22)/t13-/m0/s1. The third-order valence-electron chi connectivity index (χ3n) is 3.25. The molecule has 0 fully saturated rings. The number of hydrogen-bond donors (Lipinski definition) is 2. The van der Waals surface area contributed by atoms with Gasteiger partial charge in [0, 0.05) is 12.6 Å². The van der Waals surface area contributed by atoms with E-state index < -0.39 is 0 Å². The van der Waals surface area contributed by atoms with Crippen molar-refractivity contribution in [3.05, 3.63) is 48.6 Å². The fraction of sp³-hybridized carbons (Fsp3) is 0.353. The highest BCUT2D eigenvalue weighted by atomic mass is 32.2. The van der Waals surface area contributed by atoms with Gasteiger partial charge >= 0.3 is 0 Å². The van der Waals surface area contributed by atoms with Gasteiger partial charge in [-0.1, -0.05) is 59.5 Å². The summed E-state index contributed by atoms with van der Waals surface area (Å²) in [7, 11) is 0. The van der Waals surface area contributed by atoms with Gasteiger partial charge in [0.15, 0.2) is 4.34 Å². The summed E-state index contributed by atoms with van der Waals surface area (Å²) in [6.07, 6.45) is 3.65. The Balaban J connectivity index is 1.66. The zero-order valence-corrected chi connectivity index (χ0v) is 15.3. The van der Waals surface area contributed by atoms with E-state index in [9.17, 15) is 4.79 Å². The average Bonchev–Trinajstić information content (AvgIpc) is 3.05. The second-order valence-corrected chi connectivity index (χ2v) is 7.52. The van der Waals surface area contributed by atoms with E-state index in [2.05, 4.69) is 39.5 Å². The number of nitrogens with zero attached hydrogens (tertiary/aromatic N) is 2. The molecule has 0 radical (unpaired) electrons. The Kier molecular flexibility index (Phi) is 7.77. The molecule has 0 saturated heterocycles. The van der Waals surface area contributed by atoms with Crippen molar-refractivity contribution in [1.82, 2.24) is 15.5 Å². The normalized spacial score (nSPS) is 11.7. The number of aromatic nitrogens is 2. The largest absolute Gasteiger partial charge is 0.357 e. The first-order valence-corrected chi connectivity index (χ1v) is 9.62. The molecule has 0 saturated carbocycles. The fourth-order valence-electron chi connectivity index (χ4n) is 2.04. The summed E-state index contributed by atoms with van der Waals surface area (Å²) < 4.78 is 0.786. The number of aryl methyl sites for hydroxylation is 1. The van der Waals surface area contributed by atoms with E-state index in [0.29, 0.717) is 12.3 Å². The van der Waals surface area contributed by atoms with Gasteiger partial charge in [-0.25, -0.2) is 0 Å². The van der Waals surface area contributed by atoms with Crippen LogP contribution in [0.4, 0.5) is 5.13 Å². The van der Waals surface area contributed by atoms with E-state index >= 15 is 0 Å². The summed E-state index contributed by atoms with van der Waals surface area (Å²) in [6.45, 7) is 6.33. The lowest BCUT2D eigenvalue weighted by Gasteiger charge is -2.13. The number of benzene rings is 1. The van der Waals surface area contributed by atoms with Crippen LogP contribution in [0.2, 0.25) is 0 Å². The van der Waals surface area contributed by atoms with E-state index in [1.54, 1.807) is 6.08 Å². The fourth-order valence-corrected chi connectivity index (χ4v) is 3.61. The van der Waals surface area contributed by atoms with Crippen LogP contribution in [0, 0.1) is 0 Å². The molecule has 24 heavy (non-hydrogen) atoms. The van der Waals surface area contributed by atoms with Gasteiger partial charge in [-0.05, 0) is 25.3 Å². The van der Waals surface area contributed by atoms with Crippen molar-refractivity contribution in [2.75, 3.05) is 17.6 Å². The maximum Gasteiger partial charge on any atom is 0.230 e. The highest BCUT2D eigenvalue weighted by molar-refractivity contribution is 8.01. The molecule has 0 spiro atoms. The molecule has 7 heteroatoms. The summed E-state index contributed by atoms with van der Waals surface area (Å²) in [5, 5.41) is 14.9. The maximum atomic E-state index is 12.0. The minimum Gasteiger partial charge on any atom is -0.357 e. The number of carbonyl (C=O) groups is 1. The molecule has 5 nitrogen and oxygen atoms in total. The lowest BCUT2D eigenvalue weighted by molar-refractivity contribution is -0.119. The Morgan fingerprint density at radius 3 is 2.92 bits per heavy atom. The highest BCUT2D eigenvalue weighted by Gasteiger charge is 2.10. The van der Waals surface area contributed by atoms with Crippen LogP contribution in [-0.2, 0) is 11.2 Å². The number of amides is 1. The number of rotatable bonds is 10. The summed E-state index contributed by atoms with van der Waals surface area (Å²) in [4.78, 5) is 12.0. The Morgan fingerprint density at radius 2 is 2.17 bits per heavy atom. The van der Waals surface area contributed by atoms with Crippen molar-refractivity contribution >= 4 is 34.1 Å². The molecule has 0 aliphatic rings. The van der Waals surface area contributed by atoms with Crippen LogP contribution in [0.15, 0.2) is 47.3 Å². The molecule has 1 heterocycles. The lowest BCUT2D eigenvalue weighted by atomic mass is 10.1. The summed E-state index contributed by atoms with van der Waals surface area (Å²) >= 11 is 2.85. The highest BCUT2D eigenvalue weighted by Crippen LogP contribution is 2.25. The van der Waals surface area contributed by atoms with Gasteiger partial charge in [-0.3, -0.25) is 4.79 Å². The van der Waals surface area contributed by atoms with E-state index in [-0.39, 0.29) is 11.9 Å². The molecule has 1 amide bonds. The molecule has 2 aromatic rings. The van der Waals surface area contributed by atoms with Gasteiger partial charge in [-0.2, -0.15) is 0 Å². The first-order chi connectivity index (χ1) is 11.7. The average molecular weight is 363 g/mol. The molecule has 1 aromatic carbocycles. The van der Waals surface area contributed by atoms with Crippen molar-refractivity contribution in [3.63, 3.8) is 0 Å². The number of hydrogen-bond acceptors (Lipinski definition) is 6. The lowest BCUT2D eigenvalue weighted by Crippen LogP contribution is -2.34. The van der Waals surface area contributed by atoms with E-state index in [1.807, 2.05) is 25.1 Å². The van der Waals surface area contributed by atoms with Crippen molar-refractivity contribution < 1.29 is 4.79 Å². The van der Waals surface area contributed by atoms with Crippen LogP contribution in [0.3, 0.4) is 0 Å². The zero-order chi connectivity index (χ0) is 17.2. The third-order valence-corrected chi connectivity index (χ3v) is 5.26. The Hall–Kier alpha value is -1.86. The molecule has 2 rings (SSSR count). The summed E-state index contributed by atoms with van der Waals surface area (Å²) in [5.74, 6) is 0.377. The van der Waals surface area contributed by atoms with E-state index in [1.165, 1.54) is 28.7 Å². The number of thioether (sulfide) groups is 1. The second-order valence-electron chi connectivity index (χ2n) is 5.32. The summed E-state index contributed by atoms with van der Waals surface area (Å²) in [5.41, 5.74) is 1.29. The molecule has 0 aliphatic heterocycles. The van der Waals surface area contributed by atoms with Crippen molar-refractivity contribution in [2.45, 2.75) is 30.1 Å². The minimum absolute atomic E-state index is 0.0244. The van der Waals surface area contributed by atoms with Crippen LogP contribution in [0.5, 0.6) is 0 Å². The van der Waals surface area contributed by atoms with Crippen LogP contribution < -0.4 is 10.6 Å². The molecule has 0 unspecified atom stereocenters. The molecule has 1 atom stereocenters. The Bertz CT molecular complexity index is 645. The molecule has 1 aromatic heterocycles. The van der Waals surface area contributed by atoms with Gasteiger partial charge in [0.1, 0.15) is 0 Å². The van der Waals surface area contributed by atoms with Gasteiger partial charge in [0.25, 0.3) is 0 Å². The smallest absolute Gasteiger partial charge is 0.230 e. The van der Waals surface area contributed by atoms with Gasteiger partial charge < -0.3 is 10.6 Å². The van der Waals surface area contributed by atoms with Crippen molar-refractivity contribution in [1.29, 1.82) is 0 Å². The second kappa shape index (κ2) is 10.1. The van der Waals surface area contributed by atoms with Crippen LogP contribution in [0.1, 0.15) is 18.9 Å². The predicted molar refractivity (Wildman–Crippen MR) is 102 cm³/mol. The van der Waals surface area contributed by atoms with Crippen molar-refractivity contribution in [2.24, 2.45) is 0 Å².